The predicted octanol–water partition coefficient (Wildman–Crippen LogP) is 4.24. The van der Waals surface area contributed by atoms with Crippen molar-refractivity contribution in [2.24, 2.45) is 0 Å². The summed E-state index contributed by atoms with van der Waals surface area (Å²) in [5.74, 6) is 0.532. The number of esters is 1. The summed E-state index contributed by atoms with van der Waals surface area (Å²) >= 11 is 6.10. The van der Waals surface area contributed by atoms with E-state index in [2.05, 4.69) is 16.7 Å². The third-order valence-electron chi connectivity index (χ3n) is 4.08. The smallest absolute Gasteiger partial charge is 0.334 e. The van der Waals surface area contributed by atoms with E-state index in [1.807, 2.05) is 45.0 Å². The van der Waals surface area contributed by atoms with Gasteiger partial charge in [-0.3, -0.25) is 0 Å². The van der Waals surface area contributed by atoms with Gasteiger partial charge in [0.05, 0.1) is 11.8 Å². The Morgan fingerprint density at radius 3 is 2.72 bits per heavy atom. The van der Waals surface area contributed by atoms with Crippen LogP contribution < -0.4 is 0 Å². The third kappa shape index (κ3) is 3.93. The van der Waals surface area contributed by atoms with Crippen LogP contribution in [-0.4, -0.2) is 21.7 Å². The number of rotatable bonds is 5. The van der Waals surface area contributed by atoms with E-state index in [0.29, 0.717) is 16.7 Å². The van der Waals surface area contributed by atoms with E-state index in [-0.39, 0.29) is 17.4 Å². The first-order chi connectivity index (χ1) is 11.7. The van der Waals surface area contributed by atoms with Gasteiger partial charge in [0.1, 0.15) is 5.60 Å². The number of benzene rings is 1. The summed E-state index contributed by atoms with van der Waals surface area (Å²) in [4.78, 5) is 16.5. The zero-order valence-corrected chi connectivity index (χ0v) is 15.4. The van der Waals surface area contributed by atoms with Crippen molar-refractivity contribution in [3.05, 3.63) is 58.7 Å². The summed E-state index contributed by atoms with van der Waals surface area (Å²) in [5, 5.41) is 4.81. The van der Waals surface area contributed by atoms with Crippen molar-refractivity contribution < 1.29 is 14.1 Å². The molecule has 3 rings (SSSR count). The lowest BCUT2D eigenvalue weighted by molar-refractivity contribution is -0.150. The summed E-state index contributed by atoms with van der Waals surface area (Å²) in [7, 11) is 0. The Hall–Kier alpha value is -2.14. The molecule has 1 heterocycles. The Kier molecular flexibility index (Phi) is 4.45. The van der Waals surface area contributed by atoms with Gasteiger partial charge in [0, 0.05) is 10.6 Å². The van der Waals surface area contributed by atoms with Crippen LogP contribution in [-0.2, 0) is 21.4 Å². The second-order valence-corrected chi connectivity index (χ2v) is 7.82. The minimum atomic E-state index is -0.565. The number of hydrogen-bond acceptors (Lipinski definition) is 5. The minimum absolute atomic E-state index is 0.174. The Bertz CT molecular complexity index is 816. The fraction of sp³-hybridized carbons (Fsp3) is 0.421. The Balaban J connectivity index is 1.73. The SMILES string of the molecule is C=C(Cc1nc(C2(c3cccc(Cl)c3)CC2)no1)C(=O)OC(C)(C)C. The second-order valence-electron chi connectivity index (χ2n) is 7.39. The summed E-state index contributed by atoms with van der Waals surface area (Å²) in [6.45, 7) is 9.20. The highest BCUT2D eigenvalue weighted by atomic mass is 35.5. The molecule has 1 saturated carbocycles. The molecule has 1 fully saturated rings. The van der Waals surface area contributed by atoms with Gasteiger partial charge in [0.15, 0.2) is 5.82 Å². The zero-order chi connectivity index (χ0) is 18.2. The molecule has 5 nitrogen and oxygen atoms in total. The van der Waals surface area contributed by atoms with Gasteiger partial charge in [-0.2, -0.15) is 4.98 Å². The molecular formula is C19H21ClN2O3. The van der Waals surface area contributed by atoms with E-state index >= 15 is 0 Å². The van der Waals surface area contributed by atoms with Crippen LogP contribution in [0.3, 0.4) is 0 Å². The van der Waals surface area contributed by atoms with E-state index in [9.17, 15) is 4.79 Å². The minimum Gasteiger partial charge on any atom is -0.457 e. The average molecular weight is 361 g/mol. The van der Waals surface area contributed by atoms with Crippen LogP contribution in [0, 0.1) is 0 Å². The maximum absolute atomic E-state index is 12.0. The van der Waals surface area contributed by atoms with Gasteiger partial charge in [0.25, 0.3) is 0 Å². The average Bonchev–Trinajstić information content (AvgIpc) is 3.19. The Morgan fingerprint density at radius 1 is 1.40 bits per heavy atom. The molecule has 0 radical (unpaired) electrons. The number of carbonyl (C=O) groups is 1. The van der Waals surface area contributed by atoms with Crippen LogP contribution >= 0.6 is 11.6 Å². The summed E-state index contributed by atoms with van der Waals surface area (Å²) in [6.07, 6.45) is 2.06. The highest BCUT2D eigenvalue weighted by Crippen LogP contribution is 2.52. The fourth-order valence-corrected chi connectivity index (χ4v) is 2.87. The monoisotopic (exact) mass is 360 g/mol. The number of ether oxygens (including phenoxy) is 1. The van der Waals surface area contributed by atoms with Gasteiger partial charge in [-0.15, -0.1) is 0 Å². The highest BCUT2D eigenvalue weighted by molar-refractivity contribution is 6.30. The van der Waals surface area contributed by atoms with Crippen LogP contribution in [0.25, 0.3) is 0 Å². The van der Waals surface area contributed by atoms with Crippen LogP contribution in [0.5, 0.6) is 0 Å². The first-order valence-electron chi connectivity index (χ1n) is 8.20. The van der Waals surface area contributed by atoms with Crippen LogP contribution in [0.15, 0.2) is 40.9 Å². The predicted molar refractivity (Wildman–Crippen MR) is 94.5 cm³/mol. The molecule has 0 saturated heterocycles. The fourth-order valence-electron chi connectivity index (χ4n) is 2.68. The number of carbonyl (C=O) groups excluding carboxylic acids is 1. The Morgan fingerprint density at radius 2 is 2.12 bits per heavy atom. The summed E-state index contributed by atoms with van der Waals surface area (Å²) < 4.78 is 10.6. The lowest BCUT2D eigenvalue weighted by Crippen LogP contribution is -2.25. The number of nitrogens with zero attached hydrogens (tertiary/aromatic N) is 2. The lowest BCUT2D eigenvalue weighted by Gasteiger charge is -2.19. The van der Waals surface area contributed by atoms with Gasteiger partial charge in [-0.25, -0.2) is 4.79 Å². The second kappa shape index (κ2) is 6.30. The molecule has 0 unspecified atom stereocenters. The molecule has 132 valence electrons. The normalized spacial score (nSPS) is 15.7. The van der Waals surface area contributed by atoms with E-state index < -0.39 is 11.6 Å². The molecule has 0 atom stereocenters. The molecule has 0 amide bonds. The van der Waals surface area contributed by atoms with Crippen molar-refractivity contribution in [2.75, 3.05) is 0 Å². The van der Waals surface area contributed by atoms with E-state index in [1.165, 1.54) is 0 Å². The molecule has 0 spiro atoms. The number of halogens is 1. The topological polar surface area (TPSA) is 65.2 Å². The first kappa shape index (κ1) is 17.7. The molecule has 1 aliphatic carbocycles. The summed E-state index contributed by atoms with van der Waals surface area (Å²) in [6, 6.07) is 7.72. The molecule has 25 heavy (non-hydrogen) atoms. The number of hydrogen-bond donors (Lipinski definition) is 0. The molecular weight excluding hydrogens is 340 g/mol. The van der Waals surface area contributed by atoms with Crippen molar-refractivity contribution in [3.63, 3.8) is 0 Å². The zero-order valence-electron chi connectivity index (χ0n) is 14.6. The quantitative estimate of drug-likeness (QED) is 0.589. The maximum Gasteiger partial charge on any atom is 0.334 e. The molecule has 0 aliphatic heterocycles. The van der Waals surface area contributed by atoms with Gasteiger partial charge in [-0.05, 0) is 51.3 Å². The molecule has 1 aromatic heterocycles. The van der Waals surface area contributed by atoms with E-state index in [4.69, 9.17) is 20.9 Å². The first-order valence-corrected chi connectivity index (χ1v) is 8.58. The van der Waals surface area contributed by atoms with Crippen molar-refractivity contribution in [2.45, 2.75) is 51.0 Å². The van der Waals surface area contributed by atoms with E-state index in [1.54, 1.807) is 0 Å². The van der Waals surface area contributed by atoms with E-state index in [0.717, 1.165) is 18.4 Å². The Labute approximate surface area is 152 Å². The molecule has 2 aromatic rings. The molecule has 6 heteroatoms. The van der Waals surface area contributed by atoms with Crippen molar-refractivity contribution in [1.29, 1.82) is 0 Å². The highest BCUT2D eigenvalue weighted by Gasteiger charge is 2.50. The molecule has 0 bridgehead atoms. The largest absolute Gasteiger partial charge is 0.457 e. The molecule has 1 aliphatic rings. The van der Waals surface area contributed by atoms with Gasteiger partial charge < -0.3 is 9.26 Å². The third-order valence-corrected chi connectivity index (χ3v) is 4.31. The van der Waals surface area contributed by atoms with Gasteiger partial charge in [-0.1, -0.05) is 35.5 Å². The van der Waals surface area contributed by atoms with Gasteiger partial charge in [0.2, 0.25) is 5.89 Å². The molecule has 0 N–H and O–H groups in total. The van der Waals surface area contributed by atoms with Crippen molar-refractivity contribution in [1.82, 2.24) is 10.1 Å². The summed E-state index contributed by atoms with van der Waals surface area (Å²) in [5.41, 5.74) is 0.570. The number of aromatic nitrogens is 2. The van der Waals surface area contributed by atoms with Crippen LogP contribution in [0.4, 0.5) is 0 Å². The maximum atomic E-state index is 12.0. The van der Waals surface area contributed by atoms with Crippen molar-refractivity contribution >= 4 is 17.6 Å². The standard InChI is InChI=1S/C19H21ClN2O3/c1-12(16(23)24-18(2,3)4)10-15-21-17(22-25-15)19(8-9-19)13-6-5-7-14(20)11-13/h5-7,11H,1,8-10H2,2-4H3. The van der Waals surface area contributed by atoms with Crippen LogP contribution in [0.2, 0.25) is 5.02 Å². The van der Waals surface area contributed by atoms with Gasteiger partial charge >= 0.3 is 5.97 Å². The lowest BCUT2D eigenvalue weighted by atomic mass is 9.95. The van der Waals surface area contributed by atoms with Crippen LogP contribution in [0.1, 0.15) is 50.9 Å². The van der Waals surface area contributed by atoms with Crippen molar-refractivity contribution in [3.8, 4) is 0 Å². The molecule has 1 aromatic carbocycles.